The van der Waals surface area contributed by atoms with Gasteiger partial charge in [-0.1, -0.05) is 37.3 Å². The molecule has 20 heavy (non-hydrogen) atoms. The molecule has 110 valence electrons. The largest absolute Gasteiger partial charge is 0.445 e. The molecule has 0 unspecified atom stereocenters. The van der Waals surface area contributed by atoms with E-state index in [2.05, 4.69) is 17.6 Å². The molecule has 0 saturated carbocycles. The van der Waals surface area contributed by atoms with Gasteiger partial charge >= 0.3 is 6.09 Å². The number of carbonyl (C=O) groups excluding carboxylic acids is 1. The summed E-state index contributed by atoms with van der Waals surface area (Å²) in [6, 6.07) is 9.73. The Kier molecular flexibility index (Phi) is 5.87. The first kappa shape index (κ1) is 14.9. The van der Waals surface area contributed by atoms with E-state index in [-0.39, 0.29) is 6.09 Å². The fourth-order valence-electron chi connectivity index (χ4n) is 2.56. The number of hydrogen-bond donors (Lipinski definition) is 2. The summed E-state index contributed by atoms with van der Waals surface area (Å²) in [5, 5.41) is 6.31. The van der Waals surface area contributed by atoms with E-state index in [1.165, 1.54) is 6.42 Å². The van der Waals surface area contributed by atoms with Gasteiger partial charge in [0.1, 0.15) is 6.61 Å². The van der Waals surface area contributed by atoms with E-state index in [0.717, 1.165) is 25.1 Å². The highest BCUT2D eigenvalue weighted by Crippen LogP contribution is 2.18. The van der Waals surface area contributed by atoms with Crippen molar-refractivity contribution in [3.63, 3.8) is 0 Å². The van der Waals surface area contributed by atoms with Crippen LogP contribution in [-0.2, 0) is 11.3 Å². The first-order chi connectivity index (χ1) is 9.75. The third kappa shape index (κ3) is 4.85. The van der Waals surface area contributed by atoms with E-state index in [1.807, 2.05) is 30.3 Å². The molecule has 1 aromatic carbocycles. The molecule has 0 spiro atoms. The van der Waals surface area contributed by atoms with Crippen molar-refractivity contribution in [2.24, 2.45) is 11.8 Å². The Morgan fingerprint density at radius 2 is 2.20 bits per heavy atom. The molecule has 0 aromatic heterocycles. The van der Waals surface area contributed by atoms with Crippen LogP contribution < -0.4 is 10.6 Å². The van der Waals surface area contributed by atoms with Crippen LogP contribution in [0.4, 0.5) is 4.79 Å². The van der Waals surface area contributed by atoms with Crippen LogP contribution >= 0.6 is 0 Å². The topological polar surface area (TPSA) is 50.4 Å². The third-order valence-electron chi connectivity index (χ3n) is 3.92. The van der Waals surface area contributed by atoms with Gasteiger partial charge in [0.05, 0.1) is 0 Å². The Bertz CT molecular complexity index is 408. The molecule has 2 N–H and O–H groups in total. The standard InChI is InChI=1S/C16H24N2O2/c1-13-10-17-9-5-8-15(13)11-18-16(19)20-12-14-6-3-2-4-7-14/h2-4,6-7,13,15,17H,5,8-12H2,1H3,(H,18,19)/t13-,15-/m1/s1. The molecular formula is C16H24N2O2. The van der Waals surface area contributed by atoms with Crippen LogP contribution in [-0.4, -0.2) is 25.7 Å². The second-order valence-electron chi connectivity index (χ2n) is 5.53. The Labute approximate surface area is 120 Å². The second kappa shape index (κ2) is 7.90. The van der Waals surface area contributed by atoms with Crippen molar-refractivity contribution in [2.45, 2.75) is 26.4 Å². The Morgan fingerprint density at radius 1 is 1.40 bits per heavy atom. The number of carbonyl (C=O) groups is 1. The molecule has 0 aliphatic carbocycles. The second-order valence-corrected chi connectivity index (χ2v) is 5.53. The molecule has 1 amide bonds. The maximum Gasteiger partial charge on any atom is 0.407 e. The number of rotatable bonds is 4. The number of ether oxygens (including phenoxy) is 1. The van der Waals surface area contributed by atoms with E-state index >= 15 is 0 Å². The lowest BCUT2D eigenvalue weighted by atomic mass is 9.91. The van der Waals surface area contributed by atoms with Gasteiger partial charge in [0.2, 0.25) is 0 Å². The average Bonchev–Trinajstić information content (AvgIpc) is 2.68. The Balaban J connectivity index is 1.69. The van der Waals surface area contributed by atoms with Gasteiger partial charge in [0.15, 0.2) is 0 Å². The van der Waals surface area contributed by atoms with Crippen molar-refractivity contribution < 1.29 is 9.53 Å². The Hall–Kier alpha value is -1.55. The Morgan fingerprint density at radius 3 is 3.00 bits per heavy atom. The van der Waals surface area contributed by atoms with Crippen LogP contribution in [0.3, 0.4) is 0 Å². The van der Waals surface area contributed by atoms with E-state index in [0.29, 0.717) is 25.0 Å². The molecule has 1 fully saturated rings. The van der Waals surface area contributed by atoms with Gasteiger partial charge in [0, 0.05) is 6.54 Å². The zero-order valence-corrected chi connectivity index (χ0v) is 12.1. The molecule has 1 aliphatic rings. The monoisotopic (exact) mass is 276 g/mol. The highest BCUT2D eigenvalue weighted by Gasteiger charge is 2.20. The highest BCUT2D eigenvalue weighted by atomic mass is 16.5. The van der Waals surface area contributed by atoms with Gasteiger partial charge in [-0.2, -0.15) is 0 Å². The van der Waals surface area contributed by atoms with Crippen LogP contribution in [0.1, 0.15) is 25.3 Å². The van der Waals surface area contributed by atoms with Gasteiger partial charge in [0.25, 0.3) is 0 Å². The van der Waals surface area contributed by atoms with E-state index in [4.69, 9.17) is 4.74 Å². The summed E-state index contributed by atoms with van der Waals surface area (Å²) in [6.45, 7) is 5.38. The molecule has 1 heterocycles. The van der Waals surface area contributed by atoms with Crippen LogP contribution in [0, 0.1) is 11.8 Å². The average molecular weight is 276 g/mol. The molecule has 4 heteroatoms. The van der Waals surface area contributed by atoms with Crippen LogP contribution in [0.25, 0.3) is 0 Å². The number of alkyl carbamates (subject to hydrolysis) is 1. The van der Waals surface area contributed by atoms with E-state index in [9.17, 15) is 4.79 Å². The normalized spacial score (nSPS) is 22.9. The minimum atomic E-state index is -0.321. The summed E-state index contributed by atoms with van der Waals surface area (Å²) >= 11 is 0. The molecule has 4 nitrogen and oxygen atoms in total. The van der Waals surface area contributed by atoms with E-state index < -0.39 is 0 Å². The predicted octanol–water partition coefficient (Wildman–Crippen LogP) is 2.55. The summed E-state index contributed by atoms with van der Waals surface area (Å²) in [7, 11) is 0. The molecule has 1 saturated heterocycles. The summed E-state index contributed by atoms with van der Waals surface area (Å²) in [5.74, 6) is 1.13. The van der Waals surface area contributed by atoms with Crippen molar-refractivity contribution in [2.75, 3.05) is 19.6 Å². The molecule has 1 aliphatic heterocycles. The number of benzene rings is 1. The van der Waals surface area contributed by atoms with Crippen molar-refractivity contribution in [3.05, 3.63) is 35.9 Å². The van der Waals surface area contributed by atoms with Crippen LogP contribution in [0.5, 0.6) is 0 Å². The maximum absolute atomic E-state index is 11.7. The first-order valence-electron chi connectivity index (χ1n) is 7.41. The minimum Gasteiger partial charge on any atom is -0.445 e. The predicted molar refractivity (Wildman–Crippen MR) is 79.4 cm³/mol. The quantitative estimate of drug-likeness (QED) is 0.888. The van der Waals surface area contributed by atoms with Gasteiger partial charge in [-0.3, -0.25) is 0 Å². The van der Waals surface area contributed by atoms with Gasteiger partial charge in [-0.15, -0.1) is 0 Å². The smallest absolute Gasteiger partial charge is 0.407 e. The lowest BCUT2D eigenvalue weighted by molar-refractivity contribution is 0.136. The number of amides is 1. The first-order valence-corrected chi connectivity index (χ1v) is 7.41. The highest BCUT2D eigenvalue weighted by molar-refractivity contribution is 5.67. The van der Waals surface area contributed by atoms with Gasteiger partial charge in [-0.25, -0.2) is 4.79 Å². The molecule has 2 atom stereocenters. The summed E-state index contributed by atoms with van der Waals surface area (Å²) in [6.07, 6.45) is 2.02. The summed E-state index contributed by atoms with van der Waals surface area (Å²) in [5.41, 5.74) is 1.01. The maximum atomic E-state index is 11.7. The number of hydrogen-bond acceptors (Lipinski definition) is 3. The third-order valence-corrected chi connectivity index (χ3v) is 3.92. The zero-order chi connectivity index (χ0) is 14.2. The summed E-state index contributed by atoms with van der Waals surface area (Å²) < 4.78 is 5.22. The van der Waals surface area contributed by atoms with Crippen LogP contribution in [0.15, 0.2) is 30.3 Å². The van der Waals surface area contributed by atoms with Crippen LogP contribution in [0.2, 0.25) is 0 Å². The molecule has 2 rings (SSSR count). The fourth-order valence-corrected chi connectivity index (χ4v) is 2.56. The number of nitrogens with one attached hydrogen (secondary N) is 2. The van der Waals surface area contributed by atoms with Crippen molar-refractivity contribution in [3.8, 4) is 0 Å². The summed E-state index contributed by atoms with van der Waals surface area (Å²) in [4.78, 5) is 11.7. The van der Waals surface area contributed by atoms with E-state index in [1.54, 1.807) is 0 Å². The molecule has 1 aromatic rings. The molecule has 0 bridgehead atoms. The van der Waals surface area contributed by atoms with Crippen molar-refractivity contribution >= 4 is 6.09 Å². The lowest BCUT2D eigenvalue weighted by Crippen LogP contribution is -2.33. The molecular weight excluding hydrogens is 252 g/mol. The SMILES string of the molecule is C[C@@H]1CNCCC[C@@H]1CNC(=O)OCc1ccccc1. The lowest BCUT2D eigenvalue weighted by Gasteiger charge is -2.21. The zero-order valence-electron chi connectivity index (χ0n) is 12.1. The van der Waals surface area contributed by atoms with Crippen molar-refractivity contribution in [1.82, 2.24) is 10.6 Å². The van der Waals surface area contributed by atoms with Gasteiger partial charge < -0.3 is 15.4 Å². The molecule has 0 radical (unpaired) electrons. The fraction of sp³-hybridized carbons (Fsp3) is 0.562. The van der Waals surface area contributed by atoms with Crippen molar-refractivity contribution in [1.29, 1.82) is 0 Å². The minimum absolute atomic E-state index is 0.321. The van der Waals surface area contributed by atoms with Gasteiger partial charge in [-0.05, 0) is 43.3 Å².